The van der Waals surface area contributed by atoms with E-state index >= 15 is 0 Å². The summed E-state index contributed by atoms with van der Waals surface area (Å²) in [5, 5.41) is 6.29. The van der Waals surface area contributed by atoms with E-state index in [9.17, 15) is 4.79 Å². The number of nitrogens with one attached hydrogen (secondary N) is 2. The van der Waals surface area contributed by atoms with E-state index in [4.69, 9.17) is 4.74 Å². The molecule has 0 bridgehead atoms. The minimum absolute atomic E-state index is 0.0215. The van der Waals surface area contributed by atoms with Gasteiger partial charge in [0.1, 0.15) is 5.60 Å². The van der Waals surface area contributed by atoms with Crippen molar-refractivity contribution in [2.24, 2.45) is 5.92 Å². The van der Waals surface area contributed by atoms with Gasteiger partial charge in [-0.15, -0.1) is 0 Å². The molecule has 1 aromatic heterocycles. The van der Waals surface area contributed by atoms with Crippen LogP contribution >= 0.6 is 0 Å². The first-order valence-corrected chi connectivity index (χ1v) is 7.79. The molecule has 0 spiro atoms. The Labute approximate surface area is 133 Å². The second kappa shape index (κ2) is 8.13. The van der Waals surface area contributed by atoms with Gasteiger partial charge in [-0.25, -0.2) is 4.79 Å². The normalized spacial score (nSPS) is 13.0. The molecular weight excluding hydrogens is 278 g/mol. The van der Waals surface area contributed by atoms with Crippen molar-refractivity contribution >= 4 is 6.09 Å². The van der Waals surface area contributed by atoms with E-state index in [0.29, 0.717) is 12.5 Å². The lowest BCUT2D eigenvalue weighted by molar-refractivity contribution is 0.0490. The Kier molecular flexibility index (Phi) is 6.81. The van der Waals surface area contributed by atoms with Crippen LogP contribution < -0.4 is 10.6 Å². The SMILES string of the molecule is Cc1ccc(CNCC(NC(=O)OC(C)(C)C)C(C)C)cn1. The van der Waals surface area contributed by atoms with Crippen LogP contribution in [0.4, 0.5) is 4.79 Å². The maximum atomic E-state index is 11.9. The molecule has 0 radical (unpaired) electrons. The van der Waals surface area contributed by atoms with Crippen molar-refractivity contribution in [2.75, 3.05) is 6.54 Å². The average Bonchev–Trinajstić information content (AvgIpc) is 2.37. The highest BCUT2D eigenvalue weighted by Gasteiger charge is 2.21. The minimum atomic E-state index is -0.480. The van der Waals surface area contributed by atoms with Crippen molar-refractivity contribution < 1.29 is 9.53 Å². The van der Waals surface area contributed by atoms with Crippen LogP contribution in [0, 0.1) is 12.8 Å². The first-order chi connectivity index (χ1) is 10.2. The lowest BCUT2D eigenvalue weighted by Crippen LogP contribution is -2.46. The number of hydrogen-bond donors (Lipinski definition) is 2. The van der Waals surface area contributed by atoms with Crippen molar-refractivity contribution in [1.82, 2.24) is 15.6 Å². The smallest absolute Gasteiger partial charge is 0.407 e. The van der Waals surface area contributed by atoms with Crippen LogP contribution in [0.15, 0.2) is 18.3 Å². The number of nitrogens with zero attached hydrogens (tertiary/aromatic N) is 1. The maximum absolute atomic E-state index is 11.9. The van der Waals surface area contributed by atoms with Crippen molar-refractivity contribution in [3.05, 3.63) is 29.6 Å². The zero-order valence-electron chi connectivity index (χ0n) is 14.6. The number of amides is 1. The molecule has 0 aromatic carbocycles. The second-order valence-corrected chi connectivity index (χ2v) is 6.94. The summed E-state index contributed by atoms with van der Waals surface area (Å²) in [7, 11) is 0. The summed E-state index contributed by atoms with van der Waals surface area (Å²) in [5.74, 6) is 0.316. The highest BCUT2D eigenvalue weighted by molar-refractivity contribution is 5.68. The van der Waals surface area contributed by atoms with Crippen molar-refractivity contribution in [1.29, 1.82) is 0 Å². The molecule has 1 amide bonds. The number of alkyl carbamates (subject to hydrolysis) is 1. The molecule has 1 atom stereocenters. The third-order valence-corrected chi connectivity index (χ3v) is 3.17. The molecule has 0 aliphatic carbocycles. The Morgan fingerprint density at radius 3 is 2.50 bits per heavy atom. The summed E-state index contributed by atoms with van der Waals surface area (Å²) in [4.78, 5) is 16.1. The first-order valence-electron chi connectivity index (χ1n) is 7.79. The van der Waals surface area contributed by atoms with Gasteiger partial charge in [-0.3, -0.25) is 4.98 Å². The topological polar surface area (TPSA) is 63.2 Å². The number of hydrogen-bond acceptors (Lipinski definition) is 4. The molecule has 22 heavy (non-hydrogen) atoms. The maximum Gasteiger partial charge on any atom is 0.407 e. The van der Waals surface area contributed by atoms with Crippen LogP contribution in [0.25, 0.3) is 0 Å². The van der Waals surface area contributed by atoms with Crippen molar-refractivity contribution in [3.8, 4) is 0 Å². The molecule has 5 nitrogen and oxygen atoms in total. The van der Waals surface area contributed by atoms with Crippen LogP contribution in [0.2, 0.25) is 0 Å². The van der Waals surface area contributed by atoms with E-state index < -0.39 is 5.60 Å². The number of pyridine rings is 1. The van der Waals surface area contributed by atoms with Crippen LogP contribution in [0.1, 0.15) is 45.9 Å². The lowest BCUT2D eigenvalue weighted by atomic mass is 10.0. The highest BCUT2D eigenvalue weighted by atomic mass is 16.6. The van der Waals surface area contributed by atoms with Gasteiger partial charge in [-0.1, -0.05) is 19.9 Å². The lowest BCUT2D eigenvalue weighted by Gasteiger charge is -2.26. The van der Waals surface area contributed by atoms with Crippen LogP contribution in [-0.2, 0) is 11.3 Å². The predicted octanol–water partition coefficient (Wildman–Crippen LogP) is 3.03. The molecule has 0 saturated carbocycles. The molecule has 5 heteroatoms. The number of aryl methyl sites for hydroxylation is 1. The zero-order chi connectivity index (χ0) is 16.8. The summed E-state index contributed by atoms with van der Waals surface area (Å²) in [6, 6.07) is 4.07. The minimum Gasteiger partial charge on any atom is -0.444 e. The fourth-order valence-corrected chi connectivity index (χ4v) is 1.89. The molecule has 1 aromatic rings. The van der Waals surface area contributed by atoms with Crippen LogP contribution in [-0.4, -0.2) is 29.3 Å². The molecule has 1 heterocycles. The van der Waals surface area contributed by atoms with E-state index in [1.807, 2.05) is 40.0 Å². The number of carbonyl (C=O) groups excluding carboxylic acids is 1. The molecular formula is C17H29N3O2. The molecule has 1 unspecified atom stereocenters. The van der Waals surface area contributed by atoms with Crippen molar-refractivity contribution in [3.63, 3.8) is 0 Å². The predicted molar refractivity (Wildman–Crippen MR) is 88.7 cm³/mol. The van der Waals surface area contributed by atoms with Gasteiger partial charge < -0.3 is 15.4 Å². The molecule has 124 valence electrons. The highest BCUT2D eigenvalue weighted by Crippen LogP contribution is 2.08. The van der Waals surface area contributed by atoms with Gasteiger partial charge in [0.25, 0.3) is 0 Å². The van der Waals surface area contributed by atoms with Gasteiger partial charge in [0.2, 0.25) is 0 Å². The standard InChI is InChI=1S/C17H29N3O2/c1-12(2)15(20-16(21)22-17(4,5)6)11-18-9-14-8-7-13(3)19-10-14/h7-8,10,12,15,18H,9,11H2,1-6H3,(H,20,21). The second-order valence-electron chi connectivity index (χ2n) is 6.94. The van der Waals surface area contributed by atoms with Gasteiger partial charge >= 0.3 is 6.09 Å². The monoisotopic (exact) mass is 307 g/mol. The Morgan fingerprint density at radius 2 is 2.00 bits per heavy atom. The Bertz CT molecular complexity index is 464. The van der Waals surface area contributed by atoms with E-state index in [2.05, 4.69) is 35.5 Å². The average molecular weight is 307 g/mol. The molecule has 0 fully saturated rings. The first kappa shape index (κ1) is 18.4. The van der Waals surface area contributed by atoms with E-state index in [1.54, 1.807) is 0 Å². The fourth-order valence-electron chi connectivity index (χ4n) is 1.89. The van der Waals surface area contributed by atoms with E-state index in [-0.39, 0.29) is 12.1 Å². The van der Waals surface area contributed by atoms with Gasteiger partial charge in [-0.2, -0.15) is 0 Å². The summed E-state index contributed by atoms with van der Waals surface area (Å²) >= 11 is 0. The quantitative estimate of drug-likeness (QED) is 0.848. The molecule has 1 rings (SSSR count). The summed E-state index contributed by atoms with van der Waals surface area (Å²) in [6.45, 7) is 13.1. The van der Waals surface area contributed by atoms with E-state index in [1.165, 1.54) is 0 Å². The van der Waals surface area contributed by atoms with Crippen molar-refractivity contribution in [2.45, 2.75) is 59.7 Å². The Hall–Kier alpha value is -1.62. The molecule has 0 saturated heterocycles. The van der Waals surface area contributed by atoms with Gasteiger partial charge in [0.15, 0.2) is 0 Å². The zero-order valence-corrected chi connectivity index (χ0v) is 14.6. The van der Waals surface area contributed by atoms with Gasteiger partial charge in [0, 0.05) is 31.0 Å². The Balaban J connectivity index is 2.44. The Morgan fingerprint density at radius 1 is 1.32 bits per heavy atom. The molecule has 0 aliphatic heterocycles. The third kappa shape index (κ3) is 7.41. The summed E-state index contributed by atoms with van der Waals surface area (Å²) in [6.07, 6.45) is 1.50. The summed E-state index contributed by atoms with van der Waals surface area (Å²) in [5.41, 5.74) is 1.66. The summed E-state index contributed by atoms with van der Waals surface area (Å²) < 4.78 is 5.31. The number of ether oxygens (including phenoxy) is 1. The molecule has 2 N–H and O–H groups in total. The van der Waals surface area contributed by atoms with Gasteiger partial charge in [0.05, 0.1) is 0 Å². The van der Waals surface area contributed by atoms with E-state index in [0.717, 1.165) is 17.8 Å². The third-order valence-electron chi connectivity index (χ3n) is 3.17. The number of rotatable bonds is 6. The van der Waals surface area contributed by atoms with Crippen LogP contribution in [0.5, 0.6) is 0 Å². The number of carbonyl (C=O) groups is 1. The fraction of sp³-hybridized carbons (Fsp3) is 0.647. The number of aromatic nitrogens is 1. The van der Waals surface area contributed by atoms with Crippen LogP contribution in [0.3, 0.4) is 0 Å². The largest absolute Gasteiger partial charge is 0.444 e. The van der Waals surface area contributed by atoms with Gasteiger partial charge in [-0.05, 0) is 45.2 Å². The molecule has 0 aliphatic rings.